The smallest absolute Gasteiger partial charge is 0.224 e. The lowest BCUT2D eigenvalue weighted by Crippen LogP contribution is -2.37. The minimum Gasteiger partial charge on any atom is -0.356 e. The summed E-state index contributed by atoms with van der Waals surface area (Å²) in [6.45, 7) is 4.95. The lowest BCUT2D eigenvalue weighted by molar-refractivity contribution is -0.116. The zero-order valence-electron chi connectivity index (χ0n) is 12.2. The Morgan fingerprint density at radius 1 is 1.33 bits per heavy atom. The van der Waals surface area contributed by atoms with Crippen molar-refractivity contribution in [1.82, 2.24) is 10.6 Å². The lowest BCUT2D eigenvalue weighted by Gasteiger charge is -2.10. The third-order valence-electron chi connectivity index (χ3n) is 2.64. The highest BCUT2D eigenvalue weighted by atomic mass is 35.5. The molecule has 0 heterocycles. The first-order chi connectivity index (χ1) is 10.2. The molecular formula is C15H21ClN4O. The summed E-state index contributed by atoms with van der Waals surface area (Å²) in [6, 6.07) is 7.04. The third-order valence-corrected chi connectivity index (χ3v) is 2.89. The number of guanidine groups is 1. The molecule has 114 valence electrons. The highest BCUT2D eigenvalue weighted by Crippen LogP contribution is 2.13. The van der Waals surface area contributed by atoms with Gasteiger partial charge in [-0.25, -0.2) is 0 Å². The Hall–Kier alpha value is -2.01. The monoisotopic (exact) mass is 308 g/mol. The molecule has 1 rings (SSSR count). The number of anilines is 1. The molecule has 3 N–H and O–H groups in total. The summed E-state index contributed by atoms with van der Waals surface area (Å²) in [5, 5.41) is 9.65. The number of halogens is 1. The lowest BCUT2D eigenvalue weighted by atomic mass is 10.2. The van der Waals surface area contributed by atoms with Gasteiger partial charge in [-0.15, -0.1) is 6.58 Å². The van der Waals surface area contributed by atoms with Gasteiger partial charge in [0.15, 0.2) is 5.96 Å². The Labute approximate surface area is 130 Å². The topological polar surface area (TPSA) is 65.5 Å². The van der Waals surface area contributed by atoms with Crippen LogP contribution >= 0.6 is 11.6 Å². The Morgan fingerprint density at radius 3 is 2.67 bits per heavy atom. The van der Waals surface area contributed by atoms with Gasteiger partial charge < -0.3 is 16.0 Å². The van der Waals surface area contributed by atoms with Gasteiger partial charge in [-0.3, -0.25) is 9.79 Å². The molecule has 1 aromatic rings. The Kier molecular flexibility index (Phi) is 7.97. The Bertz CT molecular complexity index is 485. The van der Waals surface area contributed by atoms with Crippen LogP contribution in [0.4, 0.5) is 5.69 Å². The van der Waals surface area contributed by atoms with Crippen LogP contribution in [-0.2, 0) is 4.79 Å². The van der Waals surface area contributed by atoms with Crippen LogP contribution in [0.15, 0.2) is 41.9 Å². The van der Waals surface area contributed by atoms with E-state index in [0.29, 0.717) is 36.9 Å². The fourth-order valence-electron chi connectivity index (χ4n) is 1.60. The number of amides is 1. The maximum Gasteiger partial charge on any atom is 0.224 e. The fraction of sp³-hybridized carbons (Fsp3) is 0.333. The number of hydrogen-bond acceptors (Lipinski definition) is 2. The molecule has 0 aliphatic rings. The van der Waals surface area contributed by atoms with E-state index in [-0.39, 0.29) is 5.91 Å². The molecule has 0 fully saturated rings. The second-order valence-corrected chi connectivity index (χ2v) is 4.76. The number of nitrogens with zero attached hydrogens (tertiary/aromatic N) is 1. The van der Waals surface area contributed by atoms with Crippen LogP contribution in [0.5, 0.6) is 0 Å². The number of rotatable bonds is 7. The molecule has 6 heteroatoms. The second kappa shape index (κ2) is 9.83. The molecule has 0 bridgehead atoms. The van der Waals surface area contributed by atoms with Crippen LogP contribution in [0, 0.1) is 0 Å². The molecule has 0 radical (unpaired) electrons. The summed E-state index contributed by atoms with van der Waals surface area (Å²) < 4.78 is 0. The van der Waals surface area contributed by atoms with E-state index in [1.807, 2.05) is 0 Å². The van der Waals surface area contributed by atoms with E-state index in [1.165, 1.54) is 0 Å². The molecule has 0 saturated carbocycles. The van der Waals surface area contributed by atoms with Gasteiger partial charge in [-0.1, -0.05) is 17.7 Å². The van der Waals surface area contributed by atoms with Crippen LogP contribution in [0.3, 0.4) is 0 Å². The summed E-state index contributed by atoms with van der Waals surface area (Å²) in [5.41, 5.74) is 0.751. The molecule has 21 heavy (non-hydrogen) atoms. The van der Waals surface area contributed by atoms with Gasteiger partial charge in [0.05, 0.1) is 0 Å². The van der Waals surface area contributed by atoms with Crippen molar-refractivity contribution < 1.29 is 4.79 Å². The number of benzene rings is 1. The number of aliphatic imine (C=N–C) groups is 1. The highest BCUT2D eigenvalue weighted by molar-refractivity contribution is 6.30. The second-order valence-electron chi connectivity index (χ2n) is 4.33. The number of carbonyl (C=O) groups excluding carboxylic acids is 1. The summed E-state index contributed by atoms with van der Waals surface area (Å²) in [6.07, 6.45) is 2.91. The molecule has 0 aliphatic heterocycles. The average Bonchev–Trinajstić information content (AvgIpc) is 2.49. The molecule has 0 aliphatic carbocycles. The van der Waals surface area contributed by atoms with Gasteiger partial charge in [-0.05, 0) is 30.7 Å². The van der Waals surface area contributed by atoms with Crippen LogP contribution < -0.4 is 16.0 Å². The van der Waals surface area contributed by atoms with E-state index in [0.717, 1.165) is 5.69 Å². The molecular weight excluding hydrogens is 288 g/mol. The van der Waals surface area contributed by atoms with E-state index >= 15 is 0 Å². The first-order valence-corrected chi connectivity index (χ1v) is 7.14. The van der Waals surface area contributed by atoms with Crippen LogP contribution in [0.2, 0.25) is 5.02 Å². The maximum atomic E-state index is 11.8. The van der Waals surface area contributed by atoms with Crippen molar-refractivity contribution in [2.45, 2.75) is 12.8 Å². The molecule has 1 amide bonds. The van der Waals surface area contributed by atoms with E-state index in [4.69, 9.17) is 11.6 Å². The number of carbonyl (C=O) groups is 1. The van der Waals surface area contributed by atoms with Crippen molar-refractivity contribution in [2.24, 2.45) is 4.99 Å². The van der Waals surface area contributed by atoms with E-state index in [1.54, 1.807) is 37.4 Å². The van der Waals surface area contributed by atoms with Crippen molar-refractivity contribution >= 4 is 29.2 Å². The van der Waals surface area contributed by atoms with Crippen LogP contribution in [0.1, 0.15) is 12.8 Å². The van der Waals surface area contributed by atoms with Crippen molar-refractivity contribution in [2.75, 3.05) is 25.5 Å². The molecule has 5 nitrogen and oxygen atoms in total. The van der Waals surface area contributed by atoms with Crippen molar-refractivity contribution in [3.05, 3.63) is 41.9 Å². The molecule has 0 aromatic heterocycles. The van der Waals surface area contributed by atoms with Crippen LogP contribution in [-0.4, -0.2) is 32.0 Å². The number of hydrogen-bond donors (Lipinski definition) is 3. The predicted octanol–water partition coefficient (Wildman–Crippen LogP) is 2.41. The van der Waals surface area contributed by atoms with Gasteiger partial charge in [0.2, 0.25) is 5.91 Å². The summed E-state index contributed by atoms with van der Waals surface area (Å²) in [7, 11) is 1.70. The zero-order valence-corrected chi connectivity index (χ0v) is 12.9. The largest absolute Gasteiger partial charge is 0.356 e. The zero-order chi connectivity index (χ0) is 15.5. The Morgan fingerprint density at radius 2 is 2.05 bits per heavy atom. The molecule has 0 unspecified atom stereocenters. The van der Waals surface area contributed by atoms with E-state index < -0.39 is 0 Å². The maximum absolute atomic E-state index is 11.8. The van der Waals surface area contributed by atoms with Crippen molar-refractivity contribution in [1.29, 1.82) is 0 Å². The molecule has 0 spiro atoms. The minimum atomic E-state index is -0.0202. The van der Waals surface area contributed by atoms with Gasteiger partial charge in [0.25, 0.3) is 0 Å². The third kappa shape index (κ3) is 7.37. The highest BCUT2D eigenvalue weighted by Gasteiger charge is 2.02. The van der Waals surface area contributed by atoms with Gasteiger partial charge in [0, 0.05) is 37.3 Å². The van der Waals surface area contributed by atoms with Gasteiger partial charge >= 0.3 is 0 Å². The fourth-order valence-corrected chi connectivity index (χ4v) is 1.73. The first kappa shape index (κ1) is 17.0. The quantitative estimate of drug-likeness (QED) is 0.314. The average molecular weight is 309 g/mol. The molecule has 1 aromatic carbocycles. The first-order valence-electron chi connectivity index (χ1n) is 6.76. The Balaban J connectivity index is 2.21. The van der Waals surface area contributed by atoms with Gasteiger partial charge in [0.1, 0.15) is 0 Å². The molecule has 0 saturated heterocycles. The van der Waals surface area contributed by atoms with E-state index in [2.05, 4.69) is 27.5 Å². The standard InChI is InChI=1S/C15H21ClN4O/c1-3-10-18-15(17-2)19-11-4-5-14(21)20-13-8-6-12(16)7-9-13/h3,6-9H,1,4-5,10-11H2,2H3,(H,20,21)(H2,17,18,19). The predicted molar refractivity (Wildman–Crippen MR) is 88.9 cm³/mol. The van der Waals surface area contributed by atoms with Gasteiger partial charge in [-0.2, -0.15) is 0 Å². The molecule has 0 atom stereocenters. The van der Waals surface area contributed by atoms with E-state index in [9.17, 15) is 4.79 Å². The van der Waals surface area contributed by atoms with Crippen molar-refractivity contribution in [3.63, 3.8) is 0 Å². The number of nitrogens with one attached hydrogen (secondary N) is 3. The van der Waals surface area contributed by atoms with Crippen LogP contribution in [0.25, 0.3) is 0 Å². The SMILES string of the molecule is C=CCNC(=NC)NCCCC(=O)Nc1ccc(Cl)cc1. The summed E-state index contributed by atoms with van der Waals surface area (Å²) in [4.78, 5) is 15.8. The minimum absolute atomic E-state index is 0.0202. The van der Waals surface area contributed by atoms with Crippen molar-refractivity contribution in [3.8, 4) is 0 Å². The summed E-state index contributed by atoms with van der Waals surface area (Å²) in [5.74, 6) is 0.682. The summed E-state index contributed by atoms with van der Waals surface area (Å²) >= 11 is 5.79. The normalized spacial score (nSPS) is 10.9.